The Morgan fingerprint density at radius 3 is 2.50 bits per heavy atom. The first-order valence-electron chi connectivity index (χ1n) is 5.42. The molecule has 1 N–H and O–H groups in total. The fourth-order valence-corrected chi connectivity index (χ4v) is 2.15. The van der Waals surface area contributed by atoms with E-state index in [2.05, 4.69) is 14.7 Å². The van der Waals surface area contributed by atoms with Crippen molar-refractivity contribution in [2.45, 2.75) is 26.3 Å². The van der Waals surface area contributed by atoms with Gasteiger partial charge >= 0.3 is 0 Å². The van der Waals surface area contributed by atoms with Crippen LogP contribution in [0.5, 0.6) is 0 Å². The van der Waals surface area contributed by atoms with Crippen molar-refractivity contribution in [3.63, 3.8) is 0 Å². The molecule has 0 radical (unpaired) electrons. The number of hydrogen-bond donors (Lipinski definition) is 1. The molecule has 0 fully saturated rings. The van der Waals surface area contributed by atoms with Crippen LogP contribution in [0, 0.1) is 11.6 Å². The molecule has 2 rings (SSSR count). The molecule has 0 atom stereocenters. The van der Waals surface area contributed by atoms with Crippen LogP contribution < -0.4 is 5.32 Å². The zero-order valence-electron chi connectivity index (χ0n) is 10.3. The minimum absolute atomic E-state index is 0.120. The number of benzene rings is 1. The summed E-state index contributed by atoms with van der Waals surface area (Å²) >= 11 is 1.19. The number of nitrogens with one attached hydrogen (secondary N) is 1. The summed E-state index contributed by atoms with van der Waals surface area (Å²) in [5.74, 6) is -1.37. The lowest BCUT2D eigenvalue weighted by Gasteiger charge is -2.18. The van der Waals surface area contributed by atoms with Crippen molar-refractivity contribution < 1.29 is 8.78 Å². The molecule has 3 nitrogen and oxygen atoms in total. The fourth-order valence-electron chi connectivity index (χ4n) is 1.35. The lowest BCUT2D eigenvalue weighted by atomic mass is 10.1. The predicted molar refractivity (Wildman–Crippen MR) is 68.6 cm³/mol. The van der Waals surface area contributed by atoms with E-state index >= 15 is 0 Å². The van der Waals surface area contributed by atoms with Crippen LogP contribution in [0.2, 0.25) is 0 Å². The van der Waals surface area contributed by atoms with Gasteiger partial charge in [0, 0.05) is 22.6 Å². The van der Waals surface area contributed by atoms with E-state index in [0.29, 0.717) is 16.5 Å². The molecule has 0 aliphatic heterocycles. The molecule has 0 aliphatic rings. The Hall–Kier alpha value is -1.56. The van der Waals surface area contributed by atoms with Crippen molar-refractivity contribution >= 4 is 16.7 Å². The molecule has 2 aromatic rings. The van der Waals surface area contributed by atoms with Gasteiger partial charge in [0.2, 0.25) is 5.13 Å². The SMILES string of the molecule is CC(C)(C)Nc1nc(-c2ccc(F)c(F)c2)ns1. The molecule has 1 aromatic heterocycles. The summed E-state index contributed by atoms with van der Waals surface area (Å²) in [6, 6.07) is 3.63. The molecule has 18 heavy (non-hydrogen) atoms. The van der Waals surface area contributed by atoms with Crippen LogP contribution in [-0.4, -0.2) is 14.9 Å². The number of rotatable bonds is 2. The topological polar surface area (TPSA) is 37.8 Å². The van der Waals surface area contributed by atoms with Crippen LogP contribution in [-0.2, 0) is 0 Å². The summed E-state index contributed by atoms with van der Waals surface area (Å²) in [7, 11) is 0. The first kappa shape index (κ1) is 12.9. The van der Waals surface area contributed by atoms with Crippen LogP contribution in [0.1, 0.15) is 20.8 Å². The van der Waals surface area contributed by atoms with Crippen molar-refractivity contribution in [3.05, 3.63) is 29.8 Å². The quantitative estimate of drug-likeness (QED) is 0.903. The summed E-state index contributed by atoms with van der Waals surface area (Å²) in [6.07, 6.45) is 0. The summed E-state index contributed by atoms with van der Waals surface area (Å²) < 4.78 is 30.0. The van der Waals surface area contributed by atoms with Gasteiger partial charge in [0.25, 0.3) is 0 Å². The molecule has 1 aromatic carbocycles. The molecule has 96 valence electrons. The van der Waals surface area contributed by atoms with E-state index in [9.17, 15) is 8.78 Å². The van der Waals surface area contributed by atoms with Crippen LogP contribution in [0.3, 0.4) is 0 Å². The van der Waals surface area contributed by atoms with E-state index in [-0.39, 0.29) is 5.54 Å². The maximum Gasteiger partial charge on any atom is 0.203 e. The summed E-state index contributed by atoms with van der Waals surface area (Å²) in [6.45, 7) is 6.02. The molecule has 0 saturated carbocycles. The van der Waals surface area contributed by atoms with Crippen molar-refractivity contribution in [3.8, 4) is 11.4 Å². The van der Waals surface area contributed by atoms with Crippen molar-refractivity contribution in [1.82, 2.24) is 9.36 Å². The third kappa shape index (κ3) is 3.01. The molecule has 0 bridgehead atoms. The minimum Gasteiger partial charge on any atom is -0.356 e. The highest BCUT2D eigenvalue weighted by atomic mass is 32.1. The Bertz CT molecular complexity index is 561. The molecule has 0 saturated heterocycles. The van der Waals surface area contributed by atoms with Gasteiger partial charge in [0.15, 0.2) is 17.5 Å². The van der Waals surface area contributed by atoms with Gasteiger partial charge in [-0.05, 0) is 39.0 Å². The average molecular weight is 269 g/mol. The van der Waals surface area contributed by atoms with E-state index in [4.69, 9.17) is 0 Å². The van der Waals surface area contributed by atoms with Crippen LogP contribution in [0.15, 0.2) is 18.2 Å². The molecule has 6 heteroatoms. The van der Waals surface area contributed by atoms with Gasteiger partial charge in [0.05, 0.1) is 0 Å². The molecule has 1 heterocycles. The minimum atomic E-state index is -0.896. The lowest BCUT2D eigenvalue weighted by Crippen LogP contribution is -2.25. The Kier molecular flexibility index (Phi) is 3.30. The van der Waals surface area contributed by atoms with Gasteiger partial charge in [-0.25, -0.2) is 8.78 Å². The highest BCUT2D eigenvalue weighted by molar-refractivity contribution is 7.09. The highest BCUT2D eigenvalue weighted by Crippen LogP contribution is 2.24. The first-order chi connectivity index (χ1) is 8.35. The second kappa shape index (κ2) is 4.61. The second-order valence-corrected chi connectivity index (χ2v) is 5.68. The maximum absolute atomic E-state index is 13.1. The third-order valence-electron chi connectivity index (χ3n) is 2.09. The van der Waals surface area contributed by atoms with Gasteiger partial charge in [-0.3, -0.25) is 0 Å². The van der Waals surface area contributed by atoms with Crippen LogP contribution >= 0.6 is 11.5 Å². The fraction of sp³-hybridized carbons (Fsp3) is 0.333. The van der Waals surface area contributed by atoms with E-state index in [1.807, 2.05) is 20.8 Å². The van der Waals surface area contributed by atoms with Gasteiger partial charge < -0.3 is 5.32 Å². The van der Waals surface area contributed by atoms with Gasteiger partial charge in [-0.15, -0.1) is 0 Å². The second-order valence-electron chi connectivity index (χ2n) is 4.93. The van der Waals surface area contributed by atoms with Crippen LogP contribution in [0.4, 0.5) is 13.9 Å². The van der Waals surface area contributed by atoms with Gasteiger partial charge in [-0.2, -0.15) is 9.36 Å². The van der Waals surface area contributed by atoms with Crippen molar-refractivity contribution in [2.24, 2.45) is 0 Å². The standard InChI is InChI=1S/C12H13F2N3S/c1-12(2,3)16-11-15-10(17-18-11)7-4-5-8(13)9(14)6-7/h4-6H,1-3H3,(H,15,16,17). The Labute approximate surface area is 108 Å². The zero-order valence-corrected chi connectivity index (χ0v) is 11.1. The Morgan fingerprint density at radius 1 is 1.17 bits per heavy atom. The molecular weight excluding hydrogens is 256 g/mol. The smallest absolute Gasteiger partial charge is 0.203 e. The first-order valence-corrected chi connectivity index (χ1v) is 6.20. The summed E-state index contributed by atoms with van der Waals surface area (Å²) in [5, 5.41) is 3.83. The third-order valence-corrected chi connectivity index (χ3v) is 2.72. The Balaban J connectivity index is 2.26. The molecule has 0 amide bonds. The predicted octanol–water partition coefficient (Wildman–Crippen LogP) is 3.69. The molecule has 0 aliphatic carbocycles. The number of aromatic nitrogens is 2. The maximum atomic E-state index is 13.1. The normalized spacial score (nSPS) is 11.6. The molecule has 0 unspecified atom stereocenters. The van der Waals surface area contributed by atoms with E-state index in [1.54, 1.807) is 0 Å². The van der Waals surface area contributed by atoms with E-state index < -0.39 is 11.6 Å². The van der Waals surface area contributed by atoms with Crippen molar-refractivity contribution in [1.29, 1.82) is 0 Å². The largest absolute Gasteiger partial charge is 0.356 e. The number of halogens is 2. The van der Waals surface area contributed by atoms with Crippen molar-refractivity contribution in [2.75, 3.05) is 5.32 Å². The van der Waals surface area contributed by atoms with Crippen LogP contribution in [0.25, 0.3) is 11.4 Å². The monoisotopic (exact) mass is 269 g/mol. The zero-order chi connectivity index (χ0) is 13.3. The highest BCUT2D eigenvalue weighted by Gasteiger charge is 2.14. The molecule has 0 spiro atoms. The lowest BCUT2D eigenvalue weighted by molar-refractivity contribution is 0.509. The number of hydrogen-bond acceptors (Lipinski definition) is 4. The van der Waals surface area contributed by atoms with E-state index in [0.717, 1.165) is 12.1 Å². The Morgan fingerprint density at radius 2 is 1.89 bits per heavy atom. The molecular formula is C12H13F2N3S. The van der Waals surface area contributed by atoms with Gasteiger partial charge in [0.1, 0.15) is 0 Å². The number of nitrogens with zero attached hydrogens (tertiary/aromatic N) is 2. The van der Waals surface area contributed by atoms with E-state index in [1.165, 1.54) is 17.6 Å². The average Bonchev–Trinajstić information content (AvgIpc) is 2.68. The summed E-state index contributed by atoms with van der Waals surface area (Å²) in [5.41, 5.74) is 0.345. The van der Waals surface area contributed by atoms with Gasteiger partial charge in [-0.1, -0.05) is 0 Å². The summed E-state index contributed by atoms with van der Waals surface area (Å²) in [4.78, 5) is 4.24. The number of anilines is 1.